The van der Waals surface area contributed by atoms with Crippen LogP contribution in [0.15, 0.2) is 0 Å². The first-order chi connectivity index (χ1) is 18.4. The zero-order chi connectivity index (χ0) is 28.6. The third-order valence-electron chi connectivity index (χ3n) is 12.5. The maximum absolute atomic E-state index is 12.8. The highest BCUT2D eigenvalue weighted by Gasteiger charge is 2.63. The molecule has 0 heterocycles. The molecule has 10 atom stereocenters. The Kier molecular flexibility index (Phi) is 9.11. The lowest BCUT2D eigenvalue weighted by molar-refractivity contribution is -0.185. The summed E-state index contributed by atoms with van der Waals surface area (Å²) >= 11 is 0. The van der Waals surface area contributed by atoms with Crippen LogP contribution in [0.25, 0.3) is 0 Å². The maximum atomic E-state index is 12.8. The molecular formula is C33H53NO5. The van der Waals surface area contributed by atoms with Crippen molar-refractivity contribution in [2.45, 2.75) is 131 Å². The summed E-state index contributed by atoms with van der Waals surface area (Å²) in [6, 6.07) is 2.01. The molecule has 0 aromatic rings. The number of carbonyl (C=O) groups is 2. The van der Waals surface area contributed by atoms with Gasteiger partial charge in [0.2, 0.25) is 0 Å². The van der Waals surface area contributed by atoms with E-state index in [1.807, 2.05) is 26.8 Å². The predicted octanol–water partition coefficient (Wildman–Crippen LogP) is 6.84. The van der Waals surface area contributed by atoms with Gasteiger partial charge in [-0.15, -0.1) is 0 Å². The third kappa shape index (κ3) is 5.64. The highest BCUT2D eigenvalue weighted by molar-refractivity contribution is 5.76. The van der Waals surface area contributed by atoms with Gasteiger partial charge in [0.1, 0.15) is 12.7 Å². The van der Waals surface area contributed by atoms with Crippen LogP contribution in [-0.4, -0.2) is 35.9 Å². The van der Waals surface area contributed by atoms with Crippen LogP contribution in [0.4, 0.5) is 0 Å². The fourth-order valence-electron chi connectivity index (χ4n) is 9.54. The number of nitriles is 1. The molecule has 4 aliphatic carbocycles. The van der Waals surface area contributed by atoms with Gasteiger partial charge >= 0.3 is 11.9 Å². The molecule has 0 radical (unpaired) electrons. The van der Waals surface area contributed by atoms with Gasteiger partial charge in [0, 0.05) is 6.42 Å². The number of aliphatic hydroxyl groups is 1. The Morgan fingerprint density at radius 3 is 2.54 bits per heavy atom. The van der Waals surface area contributed by atoms with Gasteiger partial charge in [-0.1, -0.05) is 27.7 Å². The first-order valence-electron chi connectivity index (χ1n) is 15.8. The van der Waals surface area contributed by atoms with Crippen LogP contribution < -0.4 is 0 Å². The van der Waals surface area contributed by atoms with Gasteiger partial charge in [0.15, 0.2) is 0 Å². The molecule has 4 aliphatic rings. The quantitative estimate of drug-likeness (QED) is 0.253. The number of hydrogen-bond donors (Lipinski definition) is 1. The van der Waals surface area contributed by atoms with Crippen molar-refractivity contribution in [3.63, 3.8) is 0 Å². The van der Waals surface area contributed by atoms with Crippen LogP contribution >= 0.6 is 0 Å². The Morgan fingerprint density at radius 2 is 1.85 bits per heavy atom. The van der Waals surface area contributed by atoms with E-state index in [1.54, 1.807) is 0 Å². The summed E-state index contributed by atoms with van der Waals surface area (Å²) in [4.78, 5) is 24.9. The number of esters is 2. The van der Waals surface area contributed by atoms with E-state index in [9.17, 15) is 14.7 Å². The van der Waals surface area contributed by atoms with Gasteiger partial charge in [0.25, 0.3) is 0 Å². The van der Waals surface area contributed by atoms with E-state index in [2.05, 4.69) is 20.8 Å². The molecule has 0 aromatic heterocycles. The number of carbonyl (C=O) groups excluding carboxylic acids is 2. The molecule has 6 heteroatoms. The molecule has 1 N–H and O–H groups in total. The molecule has 0 saturated heterocycles. The minimum atomic E-state index is -0.426. The zero-order valence-corrected chi connectivity index (χ0v) is 25.3. The van der Waals surface area contributed by atoms with E-state index in [-0.39, 0.29) is 48.0 Å². The molecule has 39 heavy (non-hydrogen) atoms. The second kappa shape index (κ2) is 11.7. The molecule has 4 fully saturated rings. The van der Waals surface area contributed by atoms with E-state index >= 15 is 0 Å². The van der Waals surface area contributed by atoms with Crippen LogP contribution in [0.1, 0.15) is 119 Å². The average molecular weight is 544 g/mol. The van der Waals surface area contributed by atoms with Crippen molar-refractivity contribution in [1.82, 2.24) is 0 Å². The molecule has 0 aromatic carbocycles. The molecule has 4 rings (SSSR count). The molecule has 220 valence electrons. The Morgan fingerprint density at radius 1 is 1.10 bits per heavy atom. The second-order valence-corrected chi connectivity index (χ2v) is 14.6. The molecular weight excluding hydrogens is 490 g/mol. The van der Waals surface area contributed by atoms with Crippen molar-refractivity contribution in [2.24, 2.45) is 51.8 Å². The zero-order valence-electron chi connectivity index (χ0n) is 25.3. The van der Waals surface area contributed by atoms with Gasteiger partial charge in [-0.2, -0.15) is 5.26 Å². The highest BCUT2D eigenvalue weighted by Crippen LogP contribution is 2.68. The normalized spacial score (nSPS) is 40.4. The fourth-order valence-corrected chi connectivity index (χ4v) is 9.54. The number of nitrogens with zero attached hydrogens (tertiary/aromatic N) is 1. The van der Waals surface area contributed by atoms with Gasteiger partial charge in [-0.05, 0) is 124 Å². The minimum Gasteiger partial charge on any atom is -0.465 e. The van der Waals surface area contributed by atoms with Crippen LogP contribution in [-0.2, 0) is 19.1 Å². The van der Waals surface area contributed by atoms with Gasteiger partial charge in [0.05, 0.1) is 24.0 Å². The van der Waals surface area contributed by atoms with Gasteiger partial charge in [-0.25, -0.2) is 0 Å². The Hall–Kier alpha value is -1.61. The van der Waals surface area contributed by atoms with Gasteiger partial charge < -0.3 is 14.6 Å². The van der Waals surface area contributed by atoms with Crippen LogP contribution in [0.3, 0.4) is 0 Å². The molecule has 0 aliphatic heterocycles. The Labute approximate surface area is 236 Å². The van der Waals surface area contributed by atoms with Crippen molar-refractivity contribution in [2.75, 3.05) is 6.61 Å². The van der Waals surface area contributed by atoms with Gasteiger partial charge in [-0.3, -0.25) is 9.59 Å². The number of fused-ring (bicyclic) bond motifs is 5. The first-order valence-corrected chi connectivity index (χ1v) is 15.8. The number of ether oxygens (including phenoxy) is 2. The topological polar surface area (TPSA) is 96.6 Å². The number of hydrogen-bond acceptors (Lipinski definition) is 6. The molecule has 0 amide bonds. The SMILES string of the molecule is CCC(C)(C)C(=O)OC1CCC2(C)C(CCC3C2CC(O)C2(C)C(C(C)CCC(=O)OCCC#N)CCC32)C1. The Bertz CT molecular complexity index is 941. The van der Waals surface area contributed by atoms with Crippen LogP contribution in [0.5, 0.6) is 0 Å². The molecule has 6 nitrogen and oxygen atoms in total. The molecule has 4 saturated carbocycles. The highest BCUT2D eigenvalue weighted by atomic mass is 16.5. The van der Waals surface area contributed by atoms with E-state index in [4.69, 9.17) is 14.7 Å². The second-order valence-electron chi connectivity index (χ2n) is 14.6. The van der Waals surface area contributed by atoms with Crippen molar-refractivity contribution in [1.29, 1.82) is 5.26 Å². The lowest BCUT2D eigenvalue weighted by Crippen LogP contribution is -2.59. The summed E-state index contributed by atoms with van der Waals surface area (Å²) in [7, 11) is 0. The standard InChI is InChI=1S/C33H53NO5/c1-7-31(3,4)30(37)39-23-15-16-32(5)22(19-23)10-11-24-26-13-12-25(33(26,6)28(35)20-27(24)32)21(2)9-14-29(36)38-18-8-17-34/h21-28,35H,7-16,18-20H2,1-6H3. The summed E-state index contributed by atoms with van der Waals surface area (Å²) in [5, 5.41) is 20.5. The average Bonchev–Trinajstić information content (AvgIpc) is 3.27. The first kappa shape index (κ1) is 30.4. The summed E-state index contributed by atoms with van der Waals surface area (Å²) in [6.45, 7) is 13.3. The molecule has 10 unspecified atom stereocenters. The third-order valence-corrected chi connectivity index (χ3v) is 12.5. The fraction of sp³-hybridized carbons (Fsp3) is 0.909. The molecule has 0 spiro atoms. The monoisotopic (exact) mass is 543 g/mol. The lowest BCUT2D eigenvalue weighted by atomic mass is 9.43. The number of rotatable bonds is 9. The lowest BCUT2D eigenvalue weighted by Gasteiger charge is -2.62. The predicted molar refractivity (Wildman–Crippen MR) is 150 cm³/mol. The smallest absolute Gasteiger partial charge is 0.311 e. The maximum Gasteiger partial charge on any atom is 0.311 e. The molecule has 0 bridgehead atoms. The summed E-state index contributed by atoms with van der Waals surface area (Å²) < 4.78 is 11.2. The van der Waals surface area contributed by atoms with Crippen LogP contribution in [0, 0.1) is 63.1 Å². The Balaban J connectivity index is 1.40. The van der Waals surface area contributed by atoms with Crippen molar-refractivity contribution >= 4 is 11.9 Å². The van der Waals surface area contributed by atoms with Crippen molar-refractivity contribution in [3.05, 3.63) is 0 Å². The summed E-state index contributed by atoms with van der Waals surface area (Å²) in [5.41, 5.74) is -0.331. The number of aliphatic hydroxyl groups excluding tert-OH is 1. The van der Waals surface area contributed by atoms with Crippen LogP contribution in [0.2, 0.25) is 0 Å². The minimum absolute atomic E-state index is 0.0278. The summed E-state index contributed by atoms with van der Waals surface area (Å²) in [5.74, 6) is 2.73. The van der Waals surface area contributed by atoms with Crippen molar-refractivity contribution in [3.8, 4) is 6.07 Å². The summed E-state index contributed by atoms with van der Waals surface area (Å²) in [6.07, 6.45) is 10.4. The van der Waals surface area contributed by atoms with Crippen molar-refractivity contribution < 1.29 is 24.2 Å². The largest absolute Gasteiger partial charge is 0.465 e. The van der Waals surface area contributed by atoms with E-state index in [1.165, 1.54) is 19.3 Å². The van der Waals surface area contributed by atoms with E-state index < -0.39 is 5.41 Å². The van der Waals surface area contributed by atoms with E-state index in [0.29, 0.717) is 41.9 Å². The van der Waals surface area contributed by atoms with E-state index in [0.717, 1.165) is 44.9 Å².